The van der Waals surface area contributed by atoms with Crippen LogP contribution in [0.25, 0.3) is 10.2 Å². The quantitative estimate of drug-likeness (QED) is 0.739. The number of carbonyl (C=O) groups excluding carboxylic acids is 2. The third-order valence-corrected chi connectivity index (χ3v) is 4.84. The number of benzene rings is 2. The number of thiazole rings is 1. The summed E-state index contributed by atoms with van der Waals surface area (Å²) in [4.78, 5) is 28.3. The number of nitrogens with one attached hydrogen (secondary N) is 2. The van der Waals surface area contributed by atoms with Crippen LogP contribution in [0.1, 0.15) is 21.5 Å². The van der Waals surface area contributed by atoms with E-state index in [-0.39, 0.29) is 18.4 Å². The van der Waals surface area contributed by atoms with Crippen LogP contribution < -0.4 is 15.4 Å². The molecule has 0 atom stereocenters. The maximum atomic E-state index is 12.5. The molecule has 0 saturated carbocycles. The van der Waals surface area contributed by atoms with E-state index < -0.39 is 0 Å². The molecule has 0 bridgehead atoms. The lowest BCUT2D eigenvalue weighted by Crippen LogP contribution is -2.25. The zero-order valence-electron chi connectivity index (χ0n) is 13.7. The van der Waals surface area contributed by atoms with Gasteiger partial charge in [0.25, 0.3) is 11.8 Å². The zero-order valence-corrected chi connectivity index (χ0v) is 14.5. The van der Waals surface area contributed by atoms with E-state index >= 15 is 0 Å². The predicted molar refractivity (Wildman–Crippen MR) is 97.6 cm³/mol. The molecule has 0 aliphatic carbocycles. The molecule has 126 valence electrons. The maximum Gasteiger partial charge on any atom is 0.262 e. The number of rotatable bonds is 2. The van der Waals surface area contributed by atoms with Crippen LogP contribution in [0.4, 0.5) is 10.8 Å². The van der Waals surface area contributed by atoms with Gasteiger partial charge in [0.15, 0.2) is 11.7 Å². The third-order valence-electron chi connectivity index (χ3n) is 3.93. The Morgan fingerprint density at radius 1 is 1.28 bits per heavy atom. The van der Waals surface area contributed by atoms with E-state index in [2.05, 4.69) is 27.8 Å². The van der Waals surface area contributed by atoms with Gasteiger partial charge in [0.05, 0.1) is 15.9 Å². The number of fused-ring (bicyclic) bond motifs is 2. The van der Waals surface area contributed by atoms with Crippen LogP contribution in [-0.4, -0.2) is 23.4 Å². The molecule has 0 unspecified atom stereocenters. The minimum atomic E-state index is -0.267. The molecule has 1 aromatic heterocycles. The lowest BCUT2D eigenvalue weighted by molar-refractivity contribution is -0.118. The van der Waals surface area contributed by atoms with Gasteiger partial charge in [-0.1, -0.05) is 17.4 Å². The normalized spacial score (nSPS) is 13.1. The average Bonchev–Trinajstić information content (AvgIpc) is 2.97. The molecule has 4 rings (SSSR count). The molecule has 2 aromatic carbocycles. The number of aromatic nitrogens is 1. The van der Waals surface area contributed by atoms with Crippen LogP contribution in [0.5, 0.6) is 5.75 Å². The first-order valence-corrected chi connectivity index (χ1v) is 8.57. The van der Waals surface area contributed by atoms with E-state index in [1.807, 2.05) is 13.8 Å². The molecule has 0 saturated heterocycles. The lowest BCUT2D eigenvalue weighted by atomic mass is 10.1. The number of aryl methyl sites for hydroxylation is 2. The van der Waals surface area contributed by atoms with Gasteiger partial charge in [0, 0.05) is 5.56 Å². The number of carbonyl (C=O) groups is 2. The Hall–Kier alpha value is -2.93. The first-order valence-electron chi connectivity index (χ1n) is 7.75. The van der Waals surface area contributed by atoms with Gasteiger partial charge in [0.1, 0.15) is 5.75 Å². The summed E-state index contributed by atoms with van der Waals surface area (Å²) in [6.45, 7) is 4.00. The summed E-state index contributed by atoms with van der Waals surface area (Å²) in [5.41, 5.74) is 4.17. The number of hydrogen-bond donors (Lipinski definition) is 2. The Morgan fingerprint density at radius 2 is 2.12 bits per heavy atom. The molecule has 2 N–H and O–H groups in total. The van der Waals surface area contributed by atoms with Crippen molar-refractivity contribution in [1.29, 1.82) is 0 Å². The molecule has 0 fully saturated rings. The fraction of sp³-hybridized carbons (Fsp3) is 0.167. The van der Waals surface area contributed by atoms with Crippen molar-refractivity contribution < 1.29 is 14.3 Å². The highest BCUT2D eigenvalue weighted by atomic mass is 32.1. The van der Waals surface area contributed by atoms with E-state index in [9.17, 15) is 9.59 Å². The number of nitrogens with zero attached hydrogens (tertiary/aromatic N) is 1. The Kier molecular flexibility index (Phi) is 3.65. The molecule has 6 nitrogen and oxygen atoms in total. The van der Waals surface area contributed by atoms with Gasteiger partial charge in [0.2, 0.25) is 0 Å². The highest BCUT2D eigenvalue weighted by Gasteiger charge is 2.18. The molecule has 0 spiro atoms. The molecular weight excluding hydrogens is 338 g/mol. The Bertz CT molecular complexity index is 1030. The zero-order chi connectivity index (χ0) is 17.6. The highest BCUT2D eigenvalue weighted by molar-refractivity contribution is 7.22. The van der Waals surface area contributed by atoms with Gasteiger partial charge < -0.3 is 10.1 Å². The monoisotopic (exact) mass is 353 g/mol. The SMILES string of the molecule is Cc1cc(C)c2nc(NC(=O)c3ccc4c(c3)OCC(=O)N4)sc2c1. The number of ether oxygens (including phenoxy) is 1. The summed E-state index contributed by atoms with van der Waals surface area (Å²) in [7, 11) is 0. The predicted octanol–water partition coefficient (Wildman–Crippen LogP) is 3.50. The molecule has 3 aromatic rings. The lowest BCUT2D eigenvalue weighted by Gasteiger charge is -2.18. The molecule has 1 aliphatic rings. The van der Waals surface area contributed by atoms with Gasteiger partial charge in [-0.25, -0.2) is 4.98 Å². The minimum absolute atomic E-state index is 0.0471. The largest absolute Gasteiger partial charge is 0.482 e. The molecule has 1 aliphatic heterocycles. The van der Waals surface area contributed by atoms with Crippen molar-refractivity contribution in [2.24, 2.45) is 0 Å². The molecule has 7 heteroatoms. The van der Waals surface area contributed by atoms with Gasteiger partial charge in [-0.05, 0) is 49.2 Å². The summed E-state index contributed by atoms with van der Waals surface area (Å²) >= 11 is 1.45. The Morgan fingerprint density at radius 3 is 2.96 bits per heavy atom. The minimum Gasteiger partial charge on any atom is -0.482 e. The second-order valence-electron chi connectivity index (χ2n) is 5.95. The van der Waals surface area contributed by atoms with E-state index in [1.165, 1.54) is 16.9 Å². The van der Waals surface area contributed by atoms with E-state index in [0.29, 0.717) is 22.1 Å². The first kappa shape index (κ1) is 15.6. The van der Waals surface area contributed by atoms with Crippen LogP contribution in [-0.2, 0) is 4.79 Å². The average molecular weight is 353 g/mol. The van der Waals surface area contributed by atoms with Crippen molar-refractivity contribution in [1.82, 2.24) is 4.98 Å². The van der Waals surface area contributed by atoms with Crippen LogP contribution >= 0.6 is 11.3 Å². The van der Waals surface area contributed by atoms with E-state index in [4.69, 9.17) is 4.74 Å². The van der Waals surface area contributed by atoms with Crippen LogP contribution in [0.15, 0.2) is 30.3 Å². The molecular formula is C18H15N3O3S. The van der Waals surface area contributed by atoms with Crippen LogP contribution in [0.3, 0.4) is 0 Å². The second kappa shape index (κ2) is 5.86. The number of hydrogen-bond acceptors (Lipinski definition) is 5. The fourth-order valence-corrected chi connectivity index (χ4v) is 3.85. The summed E-state index contributed by atoms with van der Waals surface area (Å²) in [5.74, 6) is 0.0181. The Balaban J connectivity index is 1.60. The first-order chi connectivity index (χ1) is 12.0. The number of amides is 2. The summed E-state index contributed by atoms with van der Waals surface area (Å²) in [5, 5.41) is 6.09. The van der Waals surface area contributed by atoms with E-state index in [0.717, 1.165) is 15.8 Å². The smallest absolute Gasteiger partial charge is 0.262 e. The number of anilines is 2. The topological polar surface area (TPSA) is 80.3 Å². The summed E-state index contributed by atoms with van der Waals surface area (Å²) in [6.07, 6.45) is 0. The Labute approximate surface area is 147 Å². The third kappa shape index (κ3) is 2.94. The summed E-state index contributed by atoms with van der Waals surface area (Å²) in [6, 6.07) is 9.06. The fourth-order valence-electron chi connectivity index (χ4n) is 2.81. The van der Waals surface area contributed by atoms with Gasteiger partial charge in [-0.15, -0.1) is 0 Å². The van der Waals surface area contributed by atoms with Crippen molar-refractivity contribution in [3.05, 3.63) is 47.0 Å². The molecule has 25 heavy (non-hydrogen) atoms. The van der Waals surface area contributed by atoms with Crippen molar-refractivity contribution in [2.45, 2.75) is 13.8 Å². The molecule has 2 heterocycles. The van der Waals surface area contributed by atoms with Crippen molar-refractivity contribution in [3.63, 3.8) is 0 Å². The van der Waals surface area contributed by atoms with Crippen LogP contribution in [0.2, 0.25) is 0 Å². The van der Waals surface area contributed by atoms with Crippen LogP contribution in [0, 0.1) is 13.8 Å². The van der Waals surface area contributed by atoms with Crippen molar-refractivity contribution >= 4 is 44.2 Å². The summed E-state index contributed by atoms with van der Waals surface area (Å²) < 4.78 is 6.39. The highest BCUT2D eigenvalue weighted by Crippen LogP contribution is 2.31. The van der Waals surface area contributed by atoms with E-state index in [1.54, 1.807) is 18.2 Å². The maximum absolute atomic E-state index is 12.5. The van der Waals surface area contributed by atoms with Gasteiger partial charge in [-0.2, -0.15) is 0 Å². The van der Waals surface area contributed by atoms with Crippen molar-refractivity contribution in [3.8, 4) is 5.75 Å². The van der Waals surface area contributed by atoms with Gasteiger partial charge in [-0.3, -0.25) is 14.9 Å². The van der Waals surface area contributed by atoms with Crippen molar-refractivity contribution in [2.75, 3.05) is 17.2 Å². The molecule has 0 radical (unpaired) electrons. The second-order valence-corrected chi connectivity index (χ2v) is 6.98. The van der Waals surface area contributed by atoms with Gasteiger partial charge >= 0.3 is 0 Å². The standard InChI is InChI=1S/C18H15N3O3S/c1-9-5-10(2)16-14(6-9)25-18(20-16)21-17(23)11-3-4-12-13(7-11)24-8-15(22)19-12/h3-7H,8H2,1-2H3,(H,19,22)(H,20,21,23). The molecule has 2 amide bonds.